The van der Waals surface area contributed by atoms with E-state index in [1.165, 1.54) is 19.3 Å². The molecule has 2 aliphatic rings. The van der Waals surface area contributed by atoms with Crippen molar-refractivity contribution in [3.63, 3.8) is 0 Å². The van der Waals surface area contributed by atoms with E-state index in [4.69, 9.17) is 0 Å². The number of amides is 1. The fourth-order valence-corrected chi connectivity index (χ4v) is 2.71. The second-order valence-corrected chi connectivity index (χ2v) is 4.85. The van der Waals surface area contributed by atoms with E-state index in [1.807, 2.05) is 0 Å². The molecule has 2 aliphatic heterocycles. The average molecular weight is 210 g/mol. The van der Waals surface area contributed by atoms with Gasteiger partial charge in [0, 0.05) is 13.1 Å². The van der Waals surface area contributed by atoms with Crippen LogP contribution in [0.3, 0.4) is 0 Å². The first-order chi connectivity index (χ1) is 7.31. The van der Waals surface area contributed by atoms with Crippen LogP contribution in [0.15, 0.2) is 0 Å². The third kappa shape index (κ3) is 2.51. The van der Waals surface area contributed by atoms with Gasteiger partial charge in [0.15, 0.2) is 0 Å². The van der Waals surface area contributed by atoms with Crippen LogP contribution in [0.2, 0.25) is 0 Å². The lowest BCUT2D eigenvalue weighted by atomic mass is 9.95. The summed E-state index contributed by atoms with van der Waals surface area (Å²) >= 11 is 0. The minimum Gasteiger partial charge on any atom is -0.341 e. The minimum atomic E-state index is 0.126. The molecule has 0 bridgehead atoms. The Hall–Kier alpha value is -0.570. The second-order valence-electron chi connectivity index (χ2n) is 4.85. The Balaban J connectivity index is 1.88. The number of hydrogen-bond donors (Lipinski definition) is 1. The van der Waals surface area contributed by atoms with Crippen molar-refractivity contribution >= 4 is 5.91 Å². The first-order valence-corrected chi connectivity index (χ1v) is 6.33. The van der Waals surface area contributed by atoms with E-state index < -0.39 is 0 Å². The van der Waals surface area contributed by atoms with E-state index >= 15 is 0 Å². The maximum atomic E-state index is 12.1. The highest BCUT2D eigenvalue weighted by molar-refractivity contribution is 5.82. The van der Waals surface area contributed by atoms with Crippen molar-refractivity contribution in [1.82, 2.24) is 10.2 Å². The van der Waals surface area contributed by atoms with Gasteiger partial charge in [-0.2, -0.15) is 0 Å². The summed E-state index contributed by atoms with van der Waals surface area (Å²) in [6.07, 6.45) is 5.89. The molecule has 0 aromatic heterocycles. The Bertz CT molecular complexity index is 224. The average Bonchev–Trinajstić information content (AvgIpc) is 2.81. The molecule has 2 saturated heterocycles. The molecule has 3 heteroatoms. The molecule has 2 atom stereocenters. The van der Waals surface area contributed by atoms with Crippen molar-refractivity contribution in [3.8, 4) is 0 Å². The standard InChI is InChI=1S/C12H22N2O/c1-2-10-5-4-8-14(9-10)12(15)11-6-3-7-13-11/h10-11,13H,2-9H2,1H3/t10?,11-/m1/s1. The van der Waals surface area contributed by atoms with E-state index in [0.29, 0.717) is 5.91 Å². The Kier molecular flexibility index (Phi) is 3.62. The molecule has 86 valence electrons. The Morgan fingerprint density at radius 2 is 2.27 bits per heavy atom. The van der Waals surface area contributed by atoms with Gasteiger partial charge in [0.1, 0.15) is 0 Å². The fourth-order valence-electron chi connectivity index (χ4n) is 2.71. The van der Waals surface area contributed by atoms with E-state index in [-0.39, 0.29) is 6.04 Å². The largest absolute Gasteiger partial charge is 0.341 e. The number of hydrogen-bond acceptors (Lipinski definition) is 2. The lowest BCUT2D eigenvalue weighted by Crippen LogP contribution is -2.47. The van der Waals surface area contributed by atoms with Crippen molar-refractivity contribution in [2.75, 3.05) is 19.6 Å². The third-order valence-electron chi connectivity index (χ3n) is 3.77. The molecule has 0 radical (unpaired) electrons. The van der Waals surface area contributed by atoms with Gasteiger partial charge >= 0.3 is 0 Å². The zero-order valence-electron chi connectivity index (χ0n) is 9.67. The lowest BCUT2D eigenvalue weighted by Gasteiger charge is -2.33. The third-order valence-corrected chi connectivity index (χ3v) is 3.77. The van der Waals surface area contributed by atoms with Gasteiger partial charge in [0.2, 0.25) is 5.91 Å². The summed E-state index contributed by atoms with van der Waals surface area (Å²) in [5, 5.41) is 3.30. The summed E-state index contributed by atoms with van der Waals surface area (Å²) in [4.78, 5) is 14.2. The minimum absolute atomic E-state index is 0.126. The number of rotatable bonds is 2. The molecular weight excluding hydrogens is 188 g/mol. The van der Waals surface area contributed by atoms with Gasteiger partial charge in [-0.05, 0) is 38.1 Å². The second kappa shape index (κ2) is 4.97. The number of carbonyl (C=O) groups is 1. The van der Waals surface area contributed by atoms with Gasteiger partial charge in [-0.3, -0.25) is 4.79 Å². The van der Waals surface area contributed by atoms with Crippen LogP contribution in [0.1, 0.15) is 39.0 Å². The van der Waals surface area contributed by atoms with Gasteiger partial charge in [0.25, 0.3) is 0 Å². The number of piperidine rings is 1. The molecule has 1 unspecified atom stereocenters. The van der Waals surface area contributed by atoms with Crippen molar-refractivity contribution in [1.29, 1.82) is 0 Å². The van der Waals surface area contributed by atoms with Crippen molar-refractivity contribution in [3.05, 3.63) is 0 Å². The predicted octanol–water partition coefficient (Wildman–Crippen LogP) is 1.39. The highest BCUT2D eigenvalue weighted by atomic mass is 16.2. The summed E-state index contributed by atoms with van der Waals surface area (Å²) in [6.45, 7) is 5.22. The van der Waals surface area contributed by atoms with Gasteiger partial charge in [0.05, 0.1) is 6.04 Å². The molecular formula is C12H22N2O. The van der Waals surface area contributed by atoms with E-state index in [9.17, 15) is 4.79 Å². The molecule has 0 aromatic carbocycles. The number of nitrogens with zero attached hydrogens (tertiary/aromatic N) is 1. The van der Waals surface area contributed by atoms with Gasteiger partial charge in [-0.25, -0.2) is 0 Å². The quantitative estimate of drug-likeness (QED) is 0.747. The van der Waals surface area contributed by atoms with Crippen LogP contribution in [0.25, 0.3) is 0 Å². The molecule has 0 saturated carbocycles. The Morgan fingerprint density at radius 1 is 1.40 bits per heavy atom. The molecule has 2 fully saturated rings. The van der Waals surface area contributed by atoms with Crippen LogP contribution >= 0.6 is 0 Å². The lowest BCUT2D eigenvalue weighted by molar-refractivity contribution is -0.134. The van der Waals surface area contributed by atoms with Gasteiger partial charge in [-0.1, -0.05) is 13.3 Å². The van der Waals surface area contributed by atoms with Crippen LogP contribution in [0.4, 0.5) is 0 Å². The smallest absolute Gasteiger partial charge is 0.239 e. The predicted molar refractivity (Wildman–Crippen MR) is 60.6 cm³/mol. The Labute approximate surface area is 92.2 Å². The molecule has 3 nitrogen and oxygen atoms in total. The van der Waals surface area contributed by atoms with E-state index in [2.05, 4.69) is 17.1 Å². The summed E-state index contributed by atoms with van der Waals surface area (Å²) in [7, 11) is 0. The van der Waals surface area contributed by atoms with E-state index in [1.54, 1.807) is 0 Å². The molecule has 15 heavy (non-hydrogen) atoms. The summed E-state index contributed by atoms with van der Waals surface area (Å²) in [5.41, 5.74) is 0. The van der Waals surface area contributed by atoms with Crippen molar-refractivity contribution in [2.45, 2.75) is 45.1 Å². The molecule has 1 N–H and O–H groups in total. The van der Waals surface area contributed by atoms with Crippen LogP contribution in [0, 0.1) is 5.92 Å². The molecule has 1 amide bonds. The van der Waals surface area contributed by atoms with Crippen molar-refractivity contribution < 1.29 is 4.79 Å². The van der Waals surface area contributed by atoms with Crippen LogP contribution in [-0.2, 0) is 4.79 Å². The number of likely N-dealkylation sites (tertiary alicyclic amines) is 1. The zero-order chi connectivity index (χ0) is 10.7. The monoisotopic (exact) mass is 210 g/mol. The molecule has 0 aliphatic carbocycles. The van der Waals surface area contributed by atoms with Crippen molar-refractivity contribution in [2.24, 2.45) is 5.92 Å². The topological polar surface area (TPSA) is 32.3 Å². The number of nitrogens with one attached hydrogen (secondary N) is 1. The molecule has 2 heterocycles. The SMILES string of the molecule is CCC1CCCN(C(=O)[C@H]2CCCN2)C1. The van der Waals surface area contributed by atoms with Crippen LogP contribution in [0.5, 0.6) is 0 Å². The highest BCUT2D eigenvalue weighted by Crippen LogP contribution is 2.20. The maximum Gasteiger partial charge on any atom is 0.239 e. The first kappa shape index (κ1) is 10.9. The number of carbonyl (C=O) groups excluding carboxylic acids is 1. The summed E-state index contributed by atoms with van der Waals surface area (Å²) in [5.74, 6) is 1.09. The molecule has 0 spiro atoms. The Morgan fingerprint density at radius 3 is 2.93 bits per heavy atom. The molecule has 2 rings (SSSR count). The summed E-state index contributed by atoms with van der Waals surface area (Å²) in [6, 6.07) is 0.126. The van der Waals surface area contributed by atoms with Crippen LogP contribution in [-0.4, -0.2) is 36.5 Å². The summed E-state index contributed by atoms with van der Waals surface area (Å²) < 4.78 is 0. The zero-order valence-corrected chi connectivity index (χ0v) is 9.67. The van der Waals surface area contributed by atoms with Gasteiger partial charge in [-0.15, -0.1) is 0 Å². The van der Waals surface area contributed by atoms with Gasteiger partial charge < -0.3 is 10.2 Å². The van der Waals surface area contributed by atoms with E-state index in [0.717, 1.165) is 38.4 Å². The van der Waals surface area contributed by atoms with Crippen LogP contribution < -0.4 is 5.32 Å². The molecule has 0 aromatic rings. The normalized spacial score (nSPS) is 31.9. The fraction of sp³-hybridized carbons (Fsp3) is 0.917. The first-order valence-electron chi connectivity index (χ1n) is 6.33. The maximum absolute atomic E-state index is 12.1. The highest BCUT2D eigenvalue weighted by Gasteiger charge is 2.29.